The number of nitrogens with zero attached hydrogens (tertiary/aromatic N) is 4. The van der Waals surface area contributed by atoms with E-state index in [9.17, 15) is 9.18 Å². The molecule has 0 spiro atoms. The molecule has 0 radical (unpaired) electrons. The highest BCUT2D eigenvalue weighted by Crippen LogP contribution is 2.31. The van der Waals surface area contributed by atoms with Crippen LogP contribution in [0, 0.1) is 12.7 Å². The summed E-state index contributed by atoms with van der Waals surface area (Å²) in [6, 6.07) is 8.10. The predicted octanol–water partition coefficient (Wildman–Crippen LogP) is 4.89. The van der Waals surface area contributed by atoms with E-state index in [0.717, 1.165) is 34.2 Å². The number of nitrogens with one attached hydrogen (secondary N) is 1. The third-order valence-corrected chi connectivity index (χ3v) is 6.13. The number of hydrogen-bond acceptors (Lipinski definition) is 6. The van der Waals surface area contributed by atoms with Gasteiger partial charge in [0.25, 0.3) is 5.91 Å². The Morgan fingerprint density at radius 2 is 2.13 bits per heavy atom. The summed E-state index contributed by atoms with van der Waals surface area (Å²) in [6.07, 6.45) is 3.61. The maximum absolute atomic E-state index is 13.6. The maximum atomic E-state index is 13.6. The van der Waals surface area contributed by atoms with Crippen LogP contribution < -0.4 is 5.32 Å². The van der Waals surface area contributed by atoms with E-state index >= 15 is 0 Å². The predicted molar refractivity (Wildman–Crippen MR) is 121 cm³/mol. The molecular formula is C23H26FN5OS. The van der Waals surface area contributed by atoms with E-state index in [1.165, 1.54) is 12.1 Å². The number of anilines is 1. The van der Waals surface area contributed by atoms with Crippen LogP contribution >= 0.6 is 11.3 Å². The summed E-state index contributed by atoms with van der Waals surface area (Å²) in [5.74, 6) is 0.977. The lowest BCUT2D eigenvalue weighted by molar-refractivity contribution is 0.0705. The molecular weight excluding hydrogens is 413 g/mol. The van der Waals surface area contributed by atoms with Crippen LogP contribution in [0.5, 0.6) is 0 Å². The Morgan fingerprint density at radius 1 is 1.29 bits per heavy atom. The highest BCUT2D eigenvalue weighted by Gasteiger charge is 2.27. The molecule has 0 unspecified atom stereocenters. The van der Waals surface area contributed by atoms with Gasteiger partial charge in [-0.25, -0.2) is 19.3 Å². The van der Waals surface area contributed by atoms with Crippen molar-refractivity contribution in [1.29, 1.82) is 0 Å². The zero-order valence-electron chi connectivity index (χ0n) is 17.9. The molecule has 4 rings (SSSR count). The zero-order valence-corrected chi connectivity index (χ0v) is 18.7. The smallest absolute Gasteiger partial charge is 0.253 e. The van der Waals surface area contributed by atoms with E-state index in [4.69, 9.17) is 4.98 Å². The van der Waals surface area contributed by atoms with Crippen molar-refractivity contribution in [2.45, 2.75) is 45.6 Å². The first-order chi connectivity index (χ1) is 14.9. The van der Waals surface area contributed by atoms with Crippen molar-refractivity contribution in [3.05, 3.63) is 58.6 Å². The van der Waals surface area contributed by atoms with E-state index < -0.39 is 5.82 Å². The summed E-state index contributed by atoms with van der Waals surface area (Å²) in [5.41, 5.74) is 1.29. The van der Waals surface area contributed by atoms with Crippen LogP contribution in [0.15, 0.2) is 36.5 Å². The van der Waals surface area contributed by atoms with E-state index in [0.29, 0.717) is 24.5 Å². The molecule has 0 saturated carbocycles. The van der Waals surface area contributed by atoms with Crippen molar-refractivity contribution in [3.63, 3.8) is 0 Å². The van der Waals surface area contributed by atoms with Crippen molar-refractivity contribution in [2.24, 2.45) is 0 Å². The van der Waals surface area contributed by atoms with Gasteiger partial charge >= 0.3 is 0 Å². The van der Waals surface area contributed by atoms with Crippen molar-refractivity contribution >= 4 is 23.1 Å². The number of aromatic nitrogens is 3. The third-order valence-electron chi connectivity index (χ3n) is 5.22. The van der Waals surface area contributed by atoms with Gasteiger partial charge in [0, 0.05) is 42.9 Å². The van der Waals surface area contributed by atoms with Crippen molar-refractivity contribution in [2.75, 3.05) is 18.4 Å². The lowest BCUT2D eigenvalue weighted by Crippen LogP contribution is -2.39. The first-order valence-corrected chi connectivity index (χ1v) is 11.3. The molecule has 1 N–H and O–H groups in total. The molecule has 1 saturated heterocycles. The molecule has 3 aromatic rings. The number of piperidine rings is 1. The van der Waals surface area contributed by atoms with Gasteiger partial charge in [0.2, 0.25) is 0 Å². The summed E-state index contributed by atoms with van der Waals surface area (Å²) in [5, 5.41) is 4.34. The van der Waals surface area contributed by atoms with E-state index in [2.05, 4.69) is 29.1 Å². The second-order valence-corrected chi connectivity index (χ2v) is 9.38. The van der Waals surface area contributed by atoms with Crippen LogP contribution in [0.1, 0.15) is 53.7 Å². The molecule has 1 aliphatic rings. The first-order valence-electron chi connectivity index (χ1n) is 10.5. The van der Waals surface area contributed by atoms with Crippen LogP contribution in [0.3, 0.4) is 0 Å². The average molecular weight is 440 g/mol. The number of amides is 1. The van der Waals surface area contributed by atoms with Crippen molar-refractivity contribution in [3.8, 4) is 10.7 Å². The van der Waals surface area contributed by atoms with Crippen LogP contribution in [-0.2, 0) is 0 Å². The number of aryl methyl sites for hydroxylation is 1. The Balaban J connectivity index is 1.62. The number of likely N-dealkylation sites (tertiary alicyclic amines) is 1. The monoisotopic (exact) mass is 439 g/mol. The lowest BCUT2D eigenvalue weighted by Gasteiger charge is -2.33. The maximum Gasteiger partial charge on any atom is 0.253 e. The first kappa shape index (κ1) is 21.4. The number of benzene rings is 1. The van der Waals surface area contributed by atoms with Gasteiger partial charge in [-0.05, 0) is 51.8 Å². The fourth-order valence-corrected chi connectivity index (χ4v) is 4.54. The minimum atomic E-state index is -0.399. The van der Waals surface area contributed by atoms with Gasteiger partial charge in [0.05, 0.1) is 15.6 Å². The molecule has 3 heterocycles. The number of thiazole rings is 1. The number of rotatable bonds is 5. The Kier molecular flexibility index (Phi) is 6.27. The second kappa shape index (κ2) is 9.09. The highest BCUT2D eigenvalue weighted by atomic mass is 32.1. The van der Waals surface area contributed by atoms with Crippen molar-refractivity contribution in [1.82, 2.24) is 19.9 Å². The SMILES string of the molecule is Cc1ncc(-c2nc(NC(C)C)cc([C@@H]3CCCN(C(=O)c4cccc(F)c4)C3)n2)s1. The van der Waals surface area contributed by atoms with Gasteiger partial charge in [-0.1, -0.05) is 6.07 Å². The second-order valence-electron chi connectivity index (χ2n) is 8.14. The Hall–Kier alpha value is -2.87. The summed E-state index contributed by atoms with van der Waals surface area (Å²) in [4.78, 5) is 29.5. The fraction of sp³-hybridized carbons (Fsp3) is 0.391. The molecule has 0 bridgehead atoms. The van der Waals surface area contributed by atoms with Crippen LogP contribution in [-0.4, -0.2) is 44.9 Å². The molecule has 1 atom stereocenters. The summed E-state index contributed by atoms with van der Waals surface area (Å²) in [6.45, 7) is 7.31. The Labute approximate surface area is 185 Å². The van der Waals surface area contributed by atoms with Crippen LogP contribution in [0.25, 0.3) is 10.7 Å². The van der Waals surface area contributed by atoms with Gasteiger partial charge in [0.1, 0.15) is 11.6 Å². The normalized spacial score (nSPS) is 16.5. The number of halogens is 1. The van der Waals surface area contributed by atoms with Gasteiger partial charge in [-0.2, -0.15) is 0 Å². The van der Waals surface area contributed by atoms with Crippen LogP contribution in [0.2, 0.25) is 0 Å². The molecule has 31 heavy (non-hydrogen) atoms. The largest absolute Gasteiger partial charge is 0.368 e. The van der Waals surface area contributed by atoms with Gasteiger partial charge in [-0.15, -0.1) is 11.3 Å². The van der Waals surface area contributed by atoms with Crippen LogP contribution in [0.4, 0.5) is 10.2 Å². The molecule has 1 aliphatic heterocycles. The Morgan fingerprint density at radius 3 is 2.84 bits per heavy atom. The molecule has 1 amide bonds. The van der Waals surface area contributed by atoms with Gasteiger partial charge in [-0.3, -0.25) is 4.79 Å². The molecule has 2 aromatic heterocycles. The summed E-state index contributed by atoms with van der Waals surface area (Å²) < 4.78 is 13.6. The quantitative estimate of drug-likeness (QED) is 0.613. The standard InChI is InChI=1S/C23H26FN5OS/c1-14(2)26-21-11-19(27-22(28-21)20-12-25-15(3)31-20)17-7-5-9-29(13-17)23(30)16-6-4-8-18(24)10-16/h4,6,8,10-12,14,17H,5,7,9,13H2,1-3H3,(H,26,27,28)/t17-/m1/s1. The summed E-state index contributed by atoms with van der Waals surface area (Å²) >= 11 is 1.56. The minimum Gasteiger partial charge on any atom is -0.368 e. The molecule has 6 nitrogen and oxygen atoms in total. The average Bonchev–Trinajstić information content (AvgIpc) is 3.19. The molecule has 0 aliphatic carbocycles. The van der Waals surface area contributed by atoms with Gasteiger partial charge in [0.15, 0.2) is 5.82 Å². The van der Waals surface area contributed by atoms with E-state index in [1.807, 2.05) is 13.0 Å². The van der Waals surface area contributed by atoms with E-state index in [1.54, 1.807) is 34.6 Å². The van der Waals surface area contributed by atoms with Crippen molar-refractivity contribution < 1.29 is 9.18 Å². The molecule has 162 valence electrons. The van der Waals surface area contributed by atoms with Gasteiger partial charge < -0.3 is 10.2 Å². The topological polar surface area (TPSA) is 71.0 Å². The number of carbonyl (C=O) groups excluding carboxylic acids is 1. The minimum absolute atomic E-state index is 0.0924. The number of carbonyl (C=O) groups is 1. The number of hydrogen-bond donors (Lipinski definition) is 1. The molecule has 1 fully saturated rings. The fourth-order valence-electron chi connectivity index (χ4n) is 3.83. The summed E-state index contributed by atoms with van der Waals surface area (Å²) in [7, 11) is 0. The molecule has 8 heteroatoms. The Bertz CT molecular complexity index is 1080. The lowest BCUT2D eigenvalue weighted by atomic mass is 9.93. The van der Waals surface area contributed by atoms with E-state index in [-0.39, 0.29) is 17.9 Å². The highest BCUT2D eigenvalue weighted by molar-refractivity contribution is 7.14. The zero-order chi connectivity index (χ0) is 22.0. The molecule has 1 aromatic carbocycles. The third kappa shape index (κ3) is 5.07.